The Labute approximate surface area is 126 Å². The van der Waals surface area contributed by atoms with E-state index in [1.807, 2.05) is 30.3 Å². The first kappa shape index (κ1) is 15.2. The number of ether oxygens (including phenoxy) is 1. The van der Waals surface area contributed by atoms with Gasteiger partial charge in [0.25, 0.3) is 0 Å². The summed E-state index contributed by atoms with van der Waals surface area (Å²) < 4.78 is 5.19. The van der Waals surface area contributed by atoms with Gasteiger partial charge in [0.2, 0.25) is 0 Å². The summed E-state index contributed by atoms with van der Waals surface area (Å²) >= 11 is 0. The highest BCUT2D eigenvalue weighted by Crippen LogP contribution is 2.31. The summed E-state index contributed by atoms with van der Waals surface area (Å²) in [6.45, 7) is 3.83. The third-order valence-corrected chi connectivity index (χ3v) is 3.57. The van der Waals surface area contributed by atoms with Gasteiger partial charge >= 0.3 is 0 Å². The molecule has 0 aliphatic rings. The van der Waals surface area contributed by atoms with Crippen LogP contribution < -0.4 is 9.64 Å². The highest BCUT2D eigenvalue weighted by molar-refractivity contribution is 5.51. The number of methoxy groups -OCH3 is 1. The fraction of sp³-hybridized carbons (Fsp3) is 0.333. The first-order chi connectivity index (χ1) is 10.3. The van der Waals surface area contributed by atoms with E-state index < -0.39 is 0 Å². The number of phenols is 1. The SMILES string of the molecule is CCCCN(Cc1cccc(OC)c1O)c1ccccc1. The zero-order valence-electron chi connectivity index (χ0n) is 12.7. The lowest BCUT2D eigenvalue weighted by molar-refractivity contribution is 0.370. The molecule has 0 unspecified atom stereocenters. The molecule has 0 aliphatic carbocycles. The van der Waals surface area contributed by atoms with Crippen molar-refractivity contribution >= 4 is 5.69 Å². The molecular weight excluding hydrogens is 262 g/mol. The van der Waals surface area contributed by atoms with E-state index in [4.69, 9.17) is 4.74 Å². The van der Waals surface area contributed by atoms with Crippen molar-refractivity contribution in [1.82, 2.24) is 0 Å². The van der Waals surface area contributed by atoms with Gasteiger partial charge in [0.05, 0.1) is 7.11 Å². The van der Waals surface area contributed by atoms with Crippen LogP contribution in [0.4, 0.5) is 5.69 Å². The summed E-state index contributed by atoms with van der Waals surface area (Å²) in [6.07, 6.45) is 2.27. The Bertz CT molecular complexity index is 554. The number of aromatic hydroxyl groups is 1. The fourth-order valence-electron chi connectivity index (χ4n) is 2.35. The number of benzene rings is 2. The average Bonchev–Trinajstić information content (AvgIpc) is 2.53. The normalized spacial score (nSPS) is 10.4. The molecule has 0 atom stereocenters. The predicted molar refractivity (Wildman–Crippen MR) is 87.1 cm³/mol. The van der Waals surface area contributed by atoms with E-state index in [9.17, 15) is 5.11 Å². The maximum atomic E-state index is 10.3. The van der Waals surface area contributed by atoms with Crippen molar-refractivity contribution in [2.24, 2.45) is 0 Å². The molecule has 0 radical (unpaired) electrons. The summed E-state index contributed by atoms with van der Waals surface area (Å²) in [6, 6.07) is 15.9. The molecule has 0 amide bonds. The van der Waals surface area contributed by atoms with E-state index in [2.05, 4.69) is 24.0 Å². The van der Waals surface area contributed by atoms with Crippen molar-refractivity contribution in [1.29, 1.82) is 0 Å². The Hall–Kier alpha value is -2.16. The molecule has 2 aromatic carbocycles. The van der Waals surface area contributed by atoms with Gasteiger partial charge in [-0.05, 0) is 24.6 Å². The largest absolute Gasteiger partial charge is 0.504 e. The highest BCUT2D eigenvalue weighted by Gasteiger charge is 2.12. The van der Waals surface area contributed by atoms with Crippen molar-refractivity contribution in [3.8, 4) is 11.5 Å². The van der Waals surface area contributed by atoms with Gasteiger partial charge in [-0.1, -0.05) is 43.7 Å². The van der Waals surface area contributed by atoms with E-state index >= 15 is 0 Å². The Morgan fingerprint density at radius 2 is 1.81 bits per heavy atom. The molecule has 0 aliphatic heterocycles. The lowest BCUT2D eigenvalue weighted by Crippen LogP contribution is -2.23. The van der Waals surface area contributed by atoms with E-state index in [1.54, 1.807) is 13.2 Å². The molecular formula is C18H23NO2. The summed E-state index contributed by atoms with van der Waals surface area (Å²) in [7, 11) is 1.57. The number of nitrogens with zero attached hydrogens (tertiary/aromatic N) is 1. The summed E-state index contributed by atoms with van der Waals surface area (Å²) in [5.74, 6) is 0.758. The Balaban J connectivity index is 2.23. The molecule has 2 aromatic rings. The first-order valence-corrected chi connectivity index (χ1v) is 7.41. The number of phenolic OH excluding ortho intramolecular Hbond substituents is 1. The van der Waals surface area contributed by atoms with Crippen LogP contribution in [0.5, 0.6) is 11.5 Å². The minimum absolute atomic E-state index is 0.234. The van der Waals surface area contributed by atoms with Crippen LogP contribution >= 0.6 is 0 Å². The van der Waals surface area contributed by atoms with E-state index in [-0.39, 0.29) is 5.75 Å². The molecule has 112 valence electrons. The molecule has 0 bridgehead atoms. The average molecular weight is 285 g/mol. The van der Waals surface area contributed by atoms with Crippen LogP contribution in [0.25, 0.3) is 0 Å². The first-order valence-electron chi connectivity index (χ1n) is 7.41. The quantitative estimate of drug-likeness (QED) is 0.827. The zero-order valence-corrected chi connectivity index (χ0v) is 12.7. The minimum atomic E-state index is 0.234. The number of unbranched alkanes of at least 4 members (excludes halogenated alkanes) is 1. The Morgan fingerprint density at radius 3 is 2.48 bits per heavy atom. The van der Waals surface area contributed by atoms with Crippen molar-refractivity contribution in [3.05, 3.63) is 54.1 Å². The van der Waals surface area contributed by atoms with Crippen molar-refractivity contribution in [3.63, 3.8) is 0 Å². The summed E-state index contributed by atoms with van der Waals surface area (Å²) in [5, 5.41) is 10.3. The Kier molecular flexibility index (Phi) is 5.50. The lowest BCUT2D eigenvalue weighted by atomic mass is 10.1. The lowest BCUT2D eigenvalue weighted by Gasteiger charge is -2.25. The Morgan fingerprint density at radius 1 is 1.05 bits per heavy atom. The molecule has 3 nitrogen and oxygen atoms in total. The number of rotatable bonds is 7. The van der Waals surface area contributed by atoms with Gasteiger partial charge in [0, 0.05) is 24.3 Å². The minimum Gasteiger partial charge on any atom is -0.504 e. The van der Waals surface area contributed by atoms with E-state index in [0.29, 0.717) is 12.3 Å². The van der Waals surface area contributed by atoms with Crippen LogP contribution in [0.2, 0.25) is 0 Å². The number of hydrogen-bond donors (Lipinski definition) is 1. The van der Waals surface area contributed by atoms with Gasteiger partial charge in [-0.3, -0.25) is 0 Å². The molecule has 0 saturated carbocycles. The second kappa shape index (κ2) is 7.58. The number of para-hydroxylation sites is 2. The van der Waals surface area contributed by atoms with Crippen LogP contribution in [0.1, 0.15) is 25.3 Å². The molecule has 3 heteroatoms. The van der Waals surface area contributed by atoms with Gasteiger partial charge in [0.1, 0.15) is 0 Å². The van der Waals surface area contributed by atoms with Crippen LogP contribution in [0.15, 0.2) is 48.5 Å². The predicted octanol–water partition coefficient (Wildman–Crippen LogP) is 4.21. The summed E-state index contributed by atoms with van der Waals surface area (Å²) in [4.78, 5) is 2.29. The topological polar surface area (TPSA) is 32.7 Å². The second-order valence-corrected chi connectivity index (χ2v) is 5.08. The molecule has 21 heavy (non-hydrogen) atoms. The molecule has 0 fully saturated rings. The van der Waals surface area contributed by atoms with Crippen LogP contribution in [-0.2, 0) is 6.54 Å². The number of anilines is 1. The molecule has 0 heterocycles. The van der Waals surface area contributed by atoms with Crippen LogP contribution in [-0.4, -0.2) is 18.8 Å². The maximum absolute atomic E-state index is 10.3. The maximum Gasteiger partial charge on any atom is 0.162 e. The second-order valence-electron chi connectivity index (χ2n) is 5.08. The van der Waals surface area contributed by atoms with Gasteiger partial charge in [0.15, 0.2) is 11.5 Å². The van der Waals surface area contributed by atoms with Crippen molar-refractivity contribution in [2.75, 3.05) is 18.6 Å². The molecule has 1 N–H and O–H groups in total. The van der Waals surface area contributed by atoms with Crippen LogP contribution in [0, 0.1) is 0 Å². The molecule has 0 aromatic heterocycles. The summed E-state index contributed by atoms with van der Waals surface area (Å²) in [5.41, 5.74) is 2.06. The molecule has 2 rings (SSSR count). The standard InChI is InChI=1S/C18H23NO2/c1-3-4-13-19(16-10-6-5-7-11-16)14-15-9-8-12-17(21-2)18(15)20/h5-12,20H,3-4,13-14H2,1-2H3. The highest BCUT2D eigenvalue weighted by atomic mass is 16.5. The van der Waals surface area contributed by atoms with Gasteiger partial charge < -0.3 is 14.7 Å². The van der Waals surface area contributed by atoms with Crippen molar-refractivity contribution in [2.45, 2.75) is 26.3 Å². The monoisotopic (exact) mass is 285 g/mol. The smallest absolute Gasteiger partial charge is 0.162 e. The van der Waals surface area contributed by atoms with Gasteiger partial charge in [-0.2, -0.15) is 0 Å². The zero-order chi connectivity index (χ0) is 15.1. The molecule has 0 saturated heterocycles. The molecule has 0 spiro atoms. The third kappa shape index (κ3) is 3.91. The fourth-order valence-corrected chi connectivity index (χ4v) is 2.35. The van der Waals surface area contributed by atoms with Crippen molar-refractivity contribution < 1.29 is 9.84 Å². The van der Waals surface area contributed by atoms with Gasteiger partial charge in [-0.15, -0.1) is 0 Å². The van der Waals surface area contributed by atoms with Crippen LogP contribution in [0.3, 0.4) is 0 Å². The van der Waals surface area contributed by atoms with Gasteiger partial charge in [-0.25, -0.2) is 0 Å². The van der Waals surface area contributed by atoms with E-state index in [0.717, 1.165) is 24.9 Å². The number of hydrogen-bond acceptors (Lipinski definition) is 3. The third-order valence-electron chi connectivity index (χ3n) is 3.57. The van der Waals surface area contributed by atoms with E-state index in [1.165, 1.54) is 5.69 Å².